The standard InChI is InChI=1S/C27H18F4/c1-17-7-15-22(26(30)24(17)28)20-11-8-18(9-12-20)10-13-21-14-16-23(27(31)25(21)29)19-5-3-2-4-6-19/h2-16H,1H3/b13-10+. The molecule has 0 radical (unpaired) electrons. The van der Waals surface area contributed by atoms with Gasteiger partial charge in [0.1, 0.15) is 0 Å². The normalized spacial score (nSPS) is 11.3. The Balaban J connectivity index is 1.58. The van der Waals surface area contributed by atoms with Gasteiger partial charge in [-0.05, 0) is 29.2 Å². The van der Waals surface area contributed by atoms with Crippen molar-refractivity contribution in [3.63, 3.8) is 0 Å². The Morgan fingerprint density at radius 1 is 0.516 bits per heavy atom. The summed E-state index contributed by atoms with van der Waals surface area (Å²) < 4.78 is 57.1. The van der Waals surface area contributed by atoms with Crippen molar-refractivity contribution in [2.24, 2.45) is 0 Å². The minimum absolute atomic E-state index is 0.118. The average molecular weight is 418 g/mol. The van der Waals surface area contributed by atoms with Crippen molar-refractivity contribution < 1.29 is 17.6 Å². The summed E-state index contributed by atoms with van der Waals surface area (Å²) in [7, 11) is 0. The van der Waals surface area contributed by atoms with Gasteiger partial charge in [0.15, 0.2) is 23.3 Å². The van der Waals surface area contributed by atoms with Gasteiger partial charge in [0, 0.05) is 16.7 Å². The predicted octanol–water partition coefficient (Wildman–Crippen LogP) is 8.06. The Kier molecular flexibility index (Phi) is 5.72. The van der Waals surface area contributed by atoms with Crippen molar-refractivity contribution in [2.45, 2.75) is 6.92 Å². The monoisotopic (exact) mass is 418 g/mol. The first kappa shape index (κ1) is 20.6. The van der Waals surface area contributed by atoms with Gasteiger partial charge in [-0.25, -0.2) is 17.6 Å². The Bertz CT molecular complexity index is 1260. The zero-order valence-electron chi connectivity index (χ0n) is 16.7. The number of rotatable bonds is 4. The maximum Gasteiger partial charge on any atom is 0.167 e. The predicted molar refractivity (Wildman–Crippen MR) is 117 cm³/mol. The summed E-state index contributed by atoms with van der Waals surface area (Å²) in [5.41, 5.74) is 2.57. The van der Waals surface area contributed by atoms with Crippen LogP contribution in [0.15, 0.2) is 78.9 Å². The zero-order valence-corrected chi connectivity index (χ0v) is 16.7. The smallest absolute Gasteiger partial charge is 0.167 e. The second-order valence-corrected chi connectivity index (χ2v) is 7.21. The van der Waals surface area contributed by atoms with E-state index in [1.165, 1.54) is 31.2 Å². The summed E-state index contributed by atoms with van der Waals surface area (Å²) in [6, 6.07) is 21.6. The first-order valence-electron chi connectivity index (χ1n) is 9.72. The van der Waals surface area contributed by atoms with Crippen LogP contribution in [0.3, 0.4) is 0 Å². The highest BCUT2D eigenvalue weighted by atomic mass is 19.2. The third-order valence-corrected chi connectivity index (χ3v) is 5.15. The Morgan fingerprint density at radius 3 is 1.77 bits per heavy atom. The molecular weight excluding hydrogens is 400 g/mol. The SMILES string of the molecule is Cc1ccc(-c2ccc(/C=C/c3ccc(-c4ccccc4)c(F)c3F)cc2)c(F)c1F. The fourth-order valence-electron chi connectivity index (χ4n) is 3.36. The highest BCUT2D eigenvalue weighted by Gasteiger charge is 2.14. The molecule has 0 amide bonds. The van der Waals surface area contributed by atoms with E-state index in [9.17, 15) is 17.6 Å². The first-order chi connectivity index (χ1) is 15.0. The molecule has 0 aliphatic rings. The lowest BCUT2D eigenvalue weighted by atomic mass is 10.0. The molecule has 0 N–H and O–H groups in total. The van der Waals surface area contributed by atoms with E-state index in [1.807, 2.05) is 6.07 Å². The lowest BCUT2D eigenvalue weighted by Gasteiger charge is -2.07. The van der Waals surface area contributed by atoms with E-state index in [-0.39, 0.29) is 22.3 Å². The van der Waals surface area contributed by atoms with Crippen LogP contribution in [0, 0.1) is 30.2 Å². The first-order valence-corrected chi connectivity index (χ1v) is 9.72. The molecule has 0 bridgehead atoms. The lowest BCUT2D eigenvalue weighted by molar-refractivity contribution is 0.505. The molecule has 0 saturated heterocycles. The molecule has 0 aliphatic heterocycles. The molecule has 4 heteroatoms. The van der Waals surface area contributed by atoms with Crippen LogP contribution >= 0.6 is 0 Å². The van der Waals surface area contributed by atoms with Crippen molar-refractivity contribution in [1.29, 1.82) is 0 Å². The van der Waals surface area contributed by atoms with Gasteiger partial charge in [0.2, 0.25) is 0 Å². The van der Waals surface area contributed by atoms with Crippen LogP contribution in [-0.4, -0.2) is 0 Å². The lowest BCUT2D eigenvalue weighted by Crippen LogP contribution is -1.93. The minimum atomic E-state index is -0.925. The molecule has 0 heterocycles. The van der Waals surface area contributed by atoms with E-state index in [0.29, 0.717) is 16.7 Å². The van der Waals surface area contributed by atoms with Gasteiger partial charge in [-0.2, -0.15) is 0 Å². The van der Waals surface area contributed by atoms with E-state index in [2.05, 4.69) is 0 Å². The van der Waals surface area contributed by atoms with Crippen LogP contribution in [-0.2, 0) is 0 Å². The Morgan fingerprint density at radius 2 is 1.10 bits per heavy atom. The molecule has 0 saturated carbocycles. The molecule has 0 fully saturated rings. The van der Waals surface area contributed by atoms with E-state index >= 15 is 0 Å². The number of aryl methyl sites for hydroxylation is 1. The molecular formula is C27H18F4. The topological polar surface area (TPSA) is 0 Å². The van der Waals surface area contributed by atoms with Crippen LogP contribution in [0.4, 0.5) is 17.6 Å². The van der Waals surface area contributed by atoms with Gasteiger partial charge in [-0.1, -0.05) is 91.0 Å². The summed E-state index contributed by atoms with van der Waals surface area (Å²) in [6.45, 7) is 1.50. The Labute approximate surface area is 178 Å². The Hall–Kier alpha value is -3.66. The third kappa shape index (κ3) is 4.15. The van der Waals surface area contributed by atoms with Crippen molar-refractivity contribution in [1.82, 2.24) is 0 Å². The van der Waals surface area contributed by atoms with Crippen LogP contribution in [0.5, 0.6) is 0 Å². The number of hydrogen-bond donors (Lipinski definition) is 0. The van der Waals surface area contributed by atoms with Crippen molar-refractivity contribution in [3.05, 3.63) is 119 Å². The maximum atomic E-state index is 14.5. The summed E-state index contributed by atoms with van der Waals surface area (Å²) in [4.78, 5) is 0. The summed E-state index contributed by atoms with van der Waals surface area (Å²) in [5.74, 6) is -3.58. The van der Waals surface area contributed by atoms with Crippen molar-refractivity contribution in [3.8, 4) is 22.3 Å². The molecule has 0 atom stereocenters. The molecule has 0 nitrogen and oxygen atoms in total. The molecule has 4 aromatic rings. The van der Waals surface area contributed by atoms with Crippen LogP contribution < -0.4 is 0 Å². The van der Waals surface area contributed by atoms with Gasteiger partial charge in [-0.3, -0.25) is 0 Å². The fraction of sp³-hybridized carbons (Fsp3) is 0.0370. The zero-order chi connectivity index (χ0) is 22.0. The maximum absolute atomic E-state index is 14.5. The molecule has 0 spiro atoms. The minimum Gasteiger partial charge on any atom is -0.203 e. The summed E-state index contributed by atoms with van der Waals surface area (Å²) >= 11 is 0. The van der Waals surface area contributed by atoms with Crippen molar-refractivity contribution in [2.75, 3.05) is 0 Å². The van der Waals surface area contributed by atoms with Crippen LogP contribution in [0.25, 0.3) is 34.4 Å². The van der Waals surface area contributed by atoms with E-state index < -0.39 is 23.3 Å². The van der Waals surface area contributed by atoms with E-state index in [4.69, 9.17) is 0 Å². The van der Waals surface area contributed by atoms with Gasteiger partial charge in [-0.15, -0.1) is 0 Å². The number of benzene rings is 4. The summed E-state index contributed by atoms with van der Waals surface area (Å²) in [6.07, 6.45) is 3.12. The van der Waals surface area contributed by atoms with Crippen LogP contribution in [0.1, 0.15) is 16.7 Å². The molecule has 0 unspecified atom stereocenters. The molecule has 4 rings (SSSR count). The summed E-state index contributed by atoms with van der Waals surface area (Å²) in [5, 5.41) is 0. The highest BCUT2D eigenvalue weighted by Crippen LogP contribution is 2.28. The second-order valence-electron chi connectivity index (χ2n) is 7.21. The van der Waals surface area contributed by atoms with Gasteiger partial charge < -0.3 is 0 Å². The van der Waals surface area contributed by atoms with Gasteiger partial charge in [0.25, 0.3) is 0 Å². The van der Waals surface area contributed by atoms with Gasteiger partial charge in [0.05, 0.1) is 0 Å². The molecule has 154 valence electrons. The van der Waals surface area contributed by atoms with E-state index in [1.54, 1.807) is 60.7 Å². The molecule has 31 heavy (non-hydrogen) atoms. The quantitative estimate of drug-likeness (QED) is 0.232. The third-order valence-electron chi connectivity index (χ3n) is 5.15. The van der Waals surface area contributed by atoms with Crippen LogP contribution in [0.2, 0.25) is 0 Å². The number of halogens is 4. The largest absolute Gasteiger partial charge is 0.203 e. The van der Waals surface area contributed by atoms with Gasteiger partial charge >= 0.3 is 0 Å². The average Bonchev–Trinajstić information content (AvgIpc) is 2.80. The highest BCUT2D eigenvalue weighted by molar-refractivity contribution is 5.74. The number of hydrogen-bond acceptors (Lipinski definition) is 0. The molecule has 0 aliphatic carbocycles. The van der Waals surface area contributed by atoms with E-state index in [0.717, 1.165) is 0 Å². The fourth-order valence-corrected chi connectivity index (χ4v) is 3.36. The molecule has 4 aromatic carbocycles. The molecule has 0 aromatic heterocycles. The second kappa shape index (κ2) is 8.60. The van der Waals surface area contributed by atoms with Crippen molar-refractivity contribution >= 4 is 12.2 Å².